The van der Waals surface area contributed by atoms with E-state index in [9.17, 15) is 13.6 Å². The molecule has 0 radical (unpaired) electrons. The molecule has 0 aliphatic carbocycles. The normalized spacial score (nSPS) is 11.8. The third-order valence-electron chi connectivity index (χ3n) is 3.14. The molecule has 0 aliphatic rings. The molecular formula is C15H17F2N5O2. The zero-order chi connectivity index (χ0) is 17.4. The Kier molecular flexibility index (Phi) is 6.07. The molecule has 2 rings (SSSR count). The molecule has 0 atom stereocenters. The van der Waals surface area contributed by atoms with Gasteiger partial charge in [0.15, 0.2) is 5.82 Å². The first-order chi connectivity index (χ1) is 11.5. The van der Waals surface area contributed by atoms with Crippen LogP contribution in [0.1, 0.15) is 11.4 Å². The molecule has 0 unspecified atom stereocenters. The van der Waals surface area contributed by atoms with Crippen molar-refractivity contribution in [2.24, 2.45) is 0 Å². The predicted molar refractivity (Wildman–Crippen MR) is 81.9 cm³/mol. The quantitative estimate of drug-likeness (QED) is 0.790. The number of benzene rings is 1. The van der Waals surface area contributed by atoms with Crippen LogP contribution in [0.2, 0.25) is 0 Å². The summed E-state index contributed by atoms with van der Waals surface area (Å²) in [6.07, 6.45) is 1.79. The minimum Gasteiger partial charge on any atom is -0.383 e. The topological polar surface area (TPSA) is 84.0 Å². The highest BCUT2D eigenvalue weighted by Crippen LogP contribution is 2.21. The summed E-state index contributed by atoms with van der Waals surface area (Å²) in [5, 5.41) is 12.9. The van der Waals surface area contributed by atoms with Gasteiger partial charge in [-0.1, -0.05) is 41.6 Å². The number of hydrogen-bond acceptors (Lipinski definition) is 5. The van der Waals surface area contributed by atoms with Crippen molar-refractivity contribution in [2.75, 3.05) is 20.3 Å². The van der Waals surface area contributed by atoms with Crippen molar-refractivity contribution in [3.8, 4) is 0 Å². The van der Waals surface area contributed by atoms with Crippen molar-refractivity contribution in [2.45, 2.75) is 12.5 Å². The summed E-state index contributed by atoms with van der Waals surface area (Å²) in [5.74, 6) is -4.87. The zero-order valence-corrected chi connectivity index (χ0v) is 13.0. The zero-order valence-electron chi connectivity index (χ0n) is 13.0. The Balaban J connectivity index is 2.11. The number of halogens is 2. The third kappa shape index (κ3) is 4.92. The van der Waals surface area contributed by atoms with Crippen LogP contribution < -0.4 is 0 Å². The van der Waals surface area contributed by atoms with Gasteiger partial charge in [0, 0.05) is 13.7 Å². The number of carbonyl (C=O) groups excluding carboxylic acids is 1. The molecule has 0 spiro atoms. The first-order valence-corrected chi connectivity index (χ1v) is 7.15. The number of aromatic nitrogens is 4. The first-order valence-electron chi connectivity index (χ1n) is 7.15. The fourth-order valence-electron chi connectivity index (χ4n) is 1.92. The van der Waals surface area contributed by atoms with Crippen molar-refractivity contribution in [1.29, 1.82) is 0 Å². The van der Waals surface area contributed by atoms with E-state index in [1.807, 2.05) is 0 Å². The largest absolute Gasteiger partial charge is 0.383 e. The van der Waals surface area contributed by atoms with Gasteiger partial charge in [0.05, 0.1) is 13.2 Å². The minimum atomic E-state index is -3.66. The number of aromatic amines is 1. The number of carbonyl (C=O) groups is 1. The van der Waals surface area contributed by atoms with Gasteiger partial charge < -0.3 is 9.64 Å². The van der Waals surface area contributed by atoms with Crippen molar-refractivity contribution in [1.82, 2.24) is 25.5 Å². The average molecular weight is 337 g/mol. The van der Waals surface area contributed by atoms with E-state index in [4.69, 9.17) is 4.74 Å². The molecule has 1 heterocycles. The molecular weight excluding hydrogens is 320 g/mol. The summed E-state index contributed by atoms with van der Waals surface area (Å²) >= 11 is 0. The van der Waals surface area contributed by atoms with E-state index in [2.05, 4.69) is 20.6 Å². The molecule has 0 saturated carbocycles. The lowest BCUT2D eigenvalue weighted by molar-refractivity contribution is -0.152. The third-order valence-corrected chi connectivity index (χ3v) is 3.14. The van der Waals surface area contributed by atoms with Crippen molar-refractivity contribution in [3.05, 3.63) is 47.8 Å². The highest BCUT2D eigenvalue weighted by atomic mass is 19.3. The monoisotopic (exact) mass is 337 g/mol. The van der Waals surface area contributed by atoms with Crippen molar-refractivity contribution >= 4 is 12.0 Å². The van der Waals surface area contributed by atoms with E-state index >= 15 is 0 Å². The van der Waals surface area contributed by atoms with Gasteiger partial charge in [-0.3, -0.25) is 4.79 Å². The number of amides is 1. The van der Waals surface area contributed by atoms with Crippen LogP contribution in [0.25, 0.3) is 6.08 Å². The Morgan fingerprint density at radius 1 is 1.38 bits per heavy atom. The number of rotatable bonds is 8. The number of alkyl halides is 2. The van der Waals surface area contributed by atoms with Crippen LogP contribution in [0.4, 0.5) is 8.78 Å². The summed E-state index contributed by atoms with van der Waals surface area (Å²) in [7, 11) is 1.42. The van der Waals surface area contributed by atoms with E-state index in [0.29, 0.717) is 11.6 Å². The highest BCUT2D eigenvalue weighted by molar-refractivity contribution is 5.86. The van der Waals surface area contributed by atoms with E-state index in [1.54, 1.807) is 30.3 Å². The van der Waals surface area contributed by atoms with Crippen LogP contribution in [0.5, 0.6) is 0 Å². The highest BCUT2D eigenvalue weighted by Gasteiger charge is 2.39. The van der Waals surface area contributed by atoms with Crippen molar-refractivity contribution in [3.63, 3.8) is 0 Å². The second-order valence-corrected chi connectivity index (χ2v) is 4.91. The SMILES string of the molecule is COCCN(Cc1nn[nH]n1)C(=O)C(F)(F)/C=C/c1ccccc1. The maximum Gasteiger partial charge on any atom is 0.343 e. The maximum absolute atomic E-state index is 14.2. The number of tetrazole rings is 1. The number of methoxy groups -OCH3 is 1. The minimum absolute atomic E-state index is 0.0152. The fourth-order valence-corrected chi connectivity index (χ4v) is 1.92. The number of ether oxygens (including phenoxy) is 1. The molecule has 0 fully saturated rings. The Labute approximate surface area is 137 Å². The second-order valence-electron chi connectivity index (χ2n) is 4.91. The van der Waals surface area contributed by atoms with Gasteiger partial charge in [-0.05, 0) is 11.6 Å². The molecule has 1 aromatic heterocycles. The van der Waals surface area contributed by atoms with E-state index < -0.39 is 11.8 Å². The van der Waals surface area contributed by atoms with E-state index in [-0.39, 0.29) is 25.5 Å². The number of nitrogens with zero attached hydrogens (tertiary/aromatic N) is 4. The van der Waals surface area contributed by atoms with E-state index in [1.165, 1.54) is 13.2 Å². The summed E-state index contributed by atoms with van der Waals surface area (Å²) in [5.41, 5.74) is 0.576. The Bertz CT molecular complexity index is 662. The number of H-pyrrole nitrogens is 1. The molecule has 2 aromatic rings. The average Bonchev–Trinajstić information content (AvgIpc) is 3.10. The molecule has 24 heavy (non-hydrogen) atoms. The van der Waals surface area contributed by atoms with Gasteiger partial charge in [-0.15, -0.1) is 10.2 Å². The van der Waals surface area contributed by atoms with Crippen LogP contribution in [0.3, 0.4) is 0 Å². The van der Waals surface area contributed by atoms with Gasteiger partial charge in [0.1, 0.15) is 0 Å². The van der Waals surface area contributed by atoms with Crippen LogP contribution in [-0.2, 0) is 16.1 Å². The van der Waals surface area contributed by atoms with Gasteiger partial charge in [-0.2, -0.15) is 14.0 Å². The molecule has 0 aliphatic heterocycles. The van der Waals surface area contributed by atoms with Gasteiger partial charge >= 0.3 is 5.92 Å². The number of nitrogens with one attached hydrogen (secondary N) is 1. The summed E-state index contributed by atoms with van der Waals surface area (Å²) < 4.78 is 33.3. The smallest absolute Gasteiger partial charge is 0.343 e. The number of hydrogen-bond donors (Lipinski definition) is 1. The summed E-state index contributed by atoms with van der Waals surface area (Å²) in [4.78, 5) is 13.1. The molecule has 7 nitrogen and oxygen atoms in total. The lowest BCUT2D eigenvalue weighted by atomic mass is 10.1. The lowest BCUT2D eigenvalue weighted by Gasteiger charge is -2.24. The van der Waals surface area contributed by atoms with Gasteiger partial charge in [-0.25, -0.2) is 0 Å². The molecule has 9 heteroatoms. The fraction of sp³-hybridized carbons (Fsp3) is 0.333. The predicted octanol–water partition coefficient (Wildman–Crippen LogP) is 1.52. The molecule has 128 valence electrons. The van der Waals surface area contributed by atoms with Crippen LogP contribution >= 0.6 is 0 Å². The molecule has 0 saturated heterocycles. The first kappa shape index (κ1) is 17.7. The second kappa shape index (κ2) is 8.25. The van der Waals surface area contributed by atoms with Gasteiger partial charge in [0.2, 0.25) is 0 Å². The Morgan fingerprint density at radius 3 is 2.75 bits per heavy atom. The summed E-state index contributed by atoms with van der Waals surface area (Å²) in [6, 6.07) is 8.55. The lowest BCUT2D eigenvalue weighted by Crippen LogP contribution is -2.43. The molecule has 1 N–H and O–H groups in total. The molecule has 1 aromatic carbocycles. The van der Waals surface area contributed by atoms with Crippen molar-refractivity contribution < 1.29 is 18.3 Å². The van der Waals surface area contributed by atoms with Gasteiger partial charge in [0.25, 0.3) is 5.91 Å². The van der Waals surface area contributed by atoms with Crippen LogP contribution in [0, 0.1) is 0 Å². The van der Waals surface area contributed by atoms with Crippen LogP contribution in [0.15, 0.2) is 36.4 Å². The molecule has 0 bridgehead atoms. The Morgan fingerprint density at radius 2 is 2.12 bits per heavy atom. The standard InChI is InChI=1S/C15H17F2N5O2/c1-24-10-9-22(11-13-18-20-21-19-13)14(23)15(16,17)8-7-12-5-3-2-4-6-12/h2-8H,9-11H2,1H3,(H,18,19,20,21)/b8-7+. The van der Waals surface area contributed by atoms with Crippen LogP contribution in [-0.4, -0.2) is 57.6 Å². The van der Waals surface area contributed by atoms with E-state index in [0.717, 1.165) is 4.90 Å². The molecule has 1 amide bonds. The summed E-state index contributed by atoms with van der Waals surface area (Å²) in [6.45, 7) is -0.0891. The maximum atomic E-state index is 14.2. The Hall–Kier alpha value is -2.68.